The Morgan fingerprint density at radius 2 is 1.81 bits per heavy atom. The standard InChI is InChI=1S/C29H48O3/c1-7-22(14-16-28(4,5)32)19(2)24-12-13-25-23(9-8-15-29(24,25)6)11-10-21-17-26(30)20(3)27(31)18-21/h10-11,19,22,24-27,30-32H,3,7-9,12-18H2,1-2,4-6H3/b23-11+/t19-,22-,24-,25+,26-,27-,29-/m1/s1. The fourth-order valence-corrected chi connectivity index (χ4v) is 7.27. The van der Waals surface area contributed by atoms with Crippen molar-refractivity contribution in [3.8, 4) is 0 Å². The number of rotatable bonds is 7. The number of hydrogen-bond donors (Lipinski definition) is 3. The zero-order valence-corrected chi connectivity index (χ0v) is 21.2. The Labute approximate surface area is 196 Å². The molecule has 0 aliphatic heterocycles. The summed E-state index contributed by atoms with van der Waals surface area (Å²) in [6.07, 6.45) is 14.0. The predicted octanol–water partition coefficient (Wildman–Crippen LogP) is 6.34. The fourth-order valence-electron chi connectivity index (χ4n) is 7.27. The predicted molar refractivity (Wildman–Crippen MR) is 133 cm³/mol. The lowest BCUT2D eigenvalue weighted by Crippen LogP contribution is -2.38. The molecule has 3 rings (SSSR count). The van der Waals surface area contributed by atoms with Crippen LogP contribution in [0, 0.1) is 29.1 Å². The smallest absolute Gasteiger partial charge is 0.0809 e. The van der Waals surface area contributed by atoms with Gasteiger partial charge in [-0.3, -0.25) is 0 Å². The van der Waals surface area contributed by atoms with Gasteiger partial charge < -0.3 is 15.3 Å². The topological polar surface area (TPSA) is 60.7 Å². The molecule has 7 atom stereocenters. The maximum Gasteiger partial charge on any atom is 0.0809 e. The van der Waals surface area contributed by atoms with Crippen molar-refractivity contribution in [1.82, 2.24) is 0 Å². The second-order valence-electron chi connectivity index (χ2n) is 12.1. The molecule has 3 heteroatoms. The van der Waals surface area contributed by atoms with Crippen molar-refractivity contribution in [2.75, 3.05) is 0 Å². The molecule has 182 valence electrons. The first-order valence-electron chi connectivity index (χ1n) is 13.1. The zero-order chi connectivity index (χ0) is 23.7. The summed E-state index contributed by atoms with van der Waals surface area (Å²) in [5, 5.41) is 30.6. The normalized spacial score (nSPS) is 36.8. The molecular weight excluding hydrogens is 396 g/mol. The van der Waals surface area contributed by atoms with Crippen LogP contribution in [0.15, 0.2) is 35.5 Å². The minimum Gasteiger partial charge on any atom is -0.390 e. The van der Waals surface area contributed by atoms with E-state index in [4.69, 9.17) is 0 Å². The van der Waals surface area contributed by atoms with Crippen molar-refractivity contribution >= 4 is 0 Å². The van der Waals surface area contributed by atoms with Gasteiger partial charge in [-0.25, -0.2) is 0 Å². The summed E-state index contributed by atoms with van der Waals surface area (Å²) >= 11 is 0. The summed E-state index contributed by atoms with van der Waals surface area (Å²) in [5.41, 5.74) is 3.07. The summed E-state index contributed by atoms with van der Waals surface area (Å²) in [5.74, 6) is 2.76. The molecule has 32 heavy (non-hydrogen) atoms. The molecule has 0 amide bonds. The molecule has 3 saturated carbocycles. The molecule has 3 aliphatic carbocycles. The second-order valence-corrected chi connectivity index (χ2v) is 12.1. The van der Waals surface area contributed by atoms with Crippen molar-refractivity contribution in [2.45, 2.75) is 117 Å². The Morgan fingerprint density at radius 3 is 2.41 bits per heavy atom. The molecule has 0 aromatic heterocycles. The van der Waals surface area contributed by atoms with Crippen molar-refractivity contribution in [1.29, 1.82) is 0 Å². The Morgan fingerprint density at radius 1 is 1.16 bits per heavy atom. The molecule has 3 aliphatic rings. The van der Waals surface area contributed by atoms with Gasteiger partial charge >= 0.3 is 0 Å². The van der Waals surface area contributed by atoms with Gasteiger partial charge in [0, 0.05) is 0 Å². The number of fused-ring (bicyclic) bond motifs is 1. The average Bonchev–Trinajstić information content (AvgIpc) is 3.07. The van der Waals surface area contributed by atoms with E-state index >= 15 is 0 Å². The van der Waals surface area contributed by atoms with Gasteiger partial charge in [0.2, 0.25) is 0 Å². The minimum atomic E-state index is -0.619. The van der Waals surface area contributed by atoms with E-state index in [1.165, 1.54) is 38.5 Å². The maximum absolute atomic E-state index is 10.2. The average molecular weight is 445 g/mol. The van der Waals surface area contributed by atoms with E-state index in [0.29, 0.717) is 41.6 Å². The Kier molecular flexibility index (Phi) is 8.16. The highest BCUT2D eigenvalue weighted by Gasteiger charge is 2.51. The van der Waals surface area contributed by atoms with Crippen molar-refractivity contribution in [3.05, 3.63) is 35.5 Å². The van der Waals surface area contributed by atoms with E-state index in [-0.39, 0.29) is 0 Å². The lowest BCUT2D eigenvalue weighted by molar-refractivity contribution is 0.0404. The number of hydrogen-bond acceptors (Lipinski definition) is 3. The molecule has 0 aromatic rings. The van der Waals surface area contributed by atoms with E-state index in [9.17, 15) is 15.3 Å². The van der Waals surface area contributed by atoms with Crippen LogP contribution in [0.4, 0.5) is 0 Å². The van der Waals surface area contributed by atoms with Gasteiger partial charge in [-0.2, -0.15) is 0 Å². The highest BCUT2D eigenvalue weighted by Crippen LogP contribution is 2.60. The van der Waals surface area contributed by atoms with Crippen LogP contribution in [0.2, 0.25) is 0 Å². The van der Waals surface area contributed by atoms with Crippen LogP contribution in [0.3, 0.4) is 0 Å². The maximum atomic E-state index is 10.2. The number of aliphatic hydroxyl groups excluding tert-OH is 2. The molecular formula is C29H48O3. The third-order valence-corrected chi connectivity index (χ3v) is 9.37. The highest BCUT2D eigenvalue weighted by atomic mass is 16.3. The van der Waals surface area contributed by atoms with Gasteiger partial charge in [0.25, 0.3) is 0 Å². The van der Waals surface area contributed by atoms with Gasteiger partial charge in [0.15, 0.2) is 0 Å². The lowest BCUT2D eigenvalue weighted by atomic mass is 9.59. The third-order valence-electron chi connectivity index (χ3n) is 9.37. The van der Waals surface area contributed by atoms with Crippen LogP contribution >= 0.6 is 0 Å². The quantitative estimate of drug-likeness (QED) is 0.401. The third kappa shape index (κ3) is 5.59. The lowest BCUT2D eigenvalue weighted by Gasteiger charge is -2.46. The van der Waals surface area contributed by atoms with E-state index in [0.717, 1.165) is 24.3 Å². The molecule has 0 bridgehead atoms. The molecule has 0 unspecified atom stereocenters. The van der Waals surface area contributed by atoms with Crippen LogP contribution in [-0.2, 0) is 0 Å². The molecule has 0 saturated heterocycles. The van der Waals surface area contributed by atoms with Crippen molar-refractivity contribution < 1.29 is 15.3 Å². The zero-order valence-electron chi connectivity index (χ0n) is 21.2. The van der Waals surface area contributed by atoms with Crippen LogP contribution in [0.5, 0.6) is 0 Å². The largest absolute Gasteiger partial charge is 0.390 e. The number of allylic oxidation sites excluding steroid dienone is 3. The SMILES string of the molecule is C=C1[C@H](O)CC(=C/C=C2\CCC[C@]3(C)[C@@H]([C@H](C)[C@H](CC)CCC(C)(C)O)CC[C@@H]23)C[C@H]1O. The summed E-state index contributed by atoms with van der Waals surface area (Å²) in [4.78, 5) is 0. The second kappa shape index (κ2) is 10.2. The van der Waals surface area contributed by atoms with E-state index in [1.54, 1.807) is 5.57 Å². The molecule has 3 N–H and O–H groups in total. The first-order valence-corrected chi connectivity index (χ1v) is 13.1. The summed E-state index contributed by atoms with van der Waals surface area (Å²) in [6, 6.07) is 0. The summed E-state index contributed by atoms with van der Waals surface area (Å²) in [7, 11) is 0. The molecule has 3 fully saturated rings. The van der Waals surface area contributed by atoms with E-state index in [2.05, 4.69) is 39.5 Å². The minimum absolute atomic E-state index is 0.365. The molecule has 0 spiro atoms. The first-order chi connectivity index (χ1) is 15.0. The van der Waals surface area contributed by atoms with Crippen molar-refractivity contribution in [2.24, 2.45) is 29.1 Å². The Bertz CT molecular complexity index is 711. The van der Waals surface area contributed by atoms with Gasteiger partial charge in [0.1, 0.15) is 0 Å². The van der Waals surface area contributed by atoms with Crippen LogP contribution in [0.25, 0.3) is 0 Å². The number of aliphatic hydroxyl groups is 3. The van der Waals surface area contributed by atoms with Crippen LogP contribution < -0.4 is 0 Å². The van der Waals surface area contributed by atoms with E-state index in [1.807, 2.05) is 13.8 Å². The van der Waals surface area contributed by atoms with Gasteiger partial charge in [-0.05, 0) is 106 Å². The first kappa shape index (κ1) is 25.7. The Hall–Kier alpha value is -0.900. The van der Waals surface area contributed by atoms with Gasteiger partial charge in [-0.1, -0.05) is 57.1 Å². The monoisotopic (exact) mass is 444 g/mol. The van der Waals surface area contributed by atoms with Crippen LogP contribution in [-0.4, -0.2) is 33.1 Å². The fraction of sp³-hybridized carbons (Fsp3) is 0.793. The molecule has 0 heterocycles. The molecule has 0 radical (unpaired) electrons. The molecule has 0 aromatic carbocycles. The summed E-state index contributed by atoms with van der Waals surface area (Å²) < 4.78 is 0. The highest BCUT2D eigenvalue weighted by molar-refractivity contribution is 5.29. The molecule has 3 nitrogen and oxygen atoms in total. The van der Waals surface area contributed by atoms with E-state index < -0.39 is 17.8 Å². The van der Waals surface area contributed by atoms with Crippen molar-refractivity contribution in [3.63, 3.8) is 0 Å². The Balaban J connectivity index is 1.73. The van der Waals surface area contributed by atoms with Crippen LogP contribution in [0.1, 0.15) is 98.8 Å². The van der Waals surface area contributed by atoms with Gasteiger partial charge in [-0.15, -0.1) is 0 Å². The van der Waals surface area contributed by atoms with Gasteiger partial charge in [0.05, 0.1) is 17.8 Å². The summed E-state index contributed by atoms with van der Waals surface area (Å²) in [6.45, 7) is 15.0.